The number of esters is 1. The molecule has 1 rings (SSSR count). The fourth-order valence-corrected chi connectivity index (χ4v) is 3.49. The third-order valence-corrected chi connectivity index (χ3v) is 4.72. The molecule has 5 nitrogen and oxygen atoms in total. The normalized spacial score (nSPS) is 11.2. The molecule has 0 N–H and O–H groups in total. The summed E-state index contributed by atoms with van der Waals surface area (Å²) in [6, 6.07) is 6.70. The summed E-state index contributed by atoms with van der Waals surface area (Å²) in [7, 11) is -1.65. The zero-order valence-corrected chi connectivity index (χ0v) is 12.9. The minimum Gasteiger partial charge on any atom is -0.465 e. The van der Waals surface area contributed by atoms with Crippen LogP contribution in [0, 0.1) is 0 Å². The number of carbonyl (C=O) groups is 1. The molecule has 1 aromatic carbocycles. The Morgan fingerprint density at radius 1 is 1.25 bits per heavy atom. The number of benzene rings is 1. The number of hydrogen-bond acceptors (Lipinski definition) is 5. The highest BCUT2D eigenvalue weighted by atomic mass is 32.2. The molecular weight excluding hydrogens is 278 g/mol. The summed E-state index contributed by atoms with van der Waals surface area (Å²) in [5, 5.41) is 0. The molecular formula is C14H21NO4S. The topological polar surface area (TPSA) is 63.7 Å². The summed E-state index contributed by atoms with van der Waals surface area (Å²) < 4.78 is 29.3. The standard InChI is InChI=1S/C14H21NO4S/c1-4-10-20(17,18)13-9-7-6-8-12(13)15(3)11-14(16)19-5-2/h6-9H,4-5,10-11H2,1-3H3. The first-order chi connectivity index (χ1) is 9.42. The minimum atomic E-state index is -3.33. The van der Waals surface area contributed by atoms with Gasteiger partial charge < -0.3 is 9.64 Å². The van der Waals surface area contributed by atoms with E-state index in [-0.39, 0.29) is 23.2 Å². The fourth-order valence-electron chi connectivity index (χ4n) is 1.90. The predicted octanol–water partition coefficient (Wildman–Crippen LogP) is 1.87. The molecule has 0 saturated heterocycles. The molecule has 0 aliphatic carbocycles. The van der Waals surface area contributed by atoms with Crippen molar-refractivity contribution in [3.63, 3.8) is 0 Å². The molecule has 0 bridgehead atoms. The predicted molar refractivity (Wildman–Crippen MR) is 78.7 cm³/mol. The number of hydrogen-bond donors (Lipinski definition) is 0. The second-order valence-corrected chi connectivity index (χ2v) is 6.53. The Labute approximate surface area is 120 Å². The monoisotopic (exact) mass is 299 g/mol. The van der Waals surface area contributed by atoms with Crippen molar-refractivity contribution in [3.8, 4) is 0 Å². The molecule has 0 amide bonds. The van der Waals surface area contributed by atoms with Crippen molar-refractivity contribution in [3.05, 3.63) is 24.3 Å². The van der Waals surface area contributed by atoms with Crippen LogP contribution in [-0.2, 0) is 19.4 Å². The molecule has 0 spiro atoms. The highest BCUT2D eigenvalue weighted by molar-refractivity contribution is 7.91. The van der Waals surface area contributed by atoms with Gasteiger partial charge >= 0.3 is 5.97 Å². The van der Waals surface area contributed by atoms with Gasteiger partial charge in [-0.3, -0.25) is 4.79 Å². The Morgan fingerprint density at radius 2 is 1.90 bits per heavy atom. The van der Waals surface area contributed by atoms with Gasteiger partial charge in [0.05, 0.1) is 22.9 Å². The van der Waals surface area contributed by atoms with E-state index in [9.17, 15) is 13.2 Å². The fraction of sp³-hybridized carbons (Fsp3) is 0.500. The van der Waals surface area contributed by atoms with E-state index in [1.54, 1.807) is 43.1 Å². The van der Waals surface area contributed by atoms with E-state index in [4.69, 9.17) is 4.74 Å². The zero-order valence-electron chi connectivity index (χ0n) is 12.1. The number of sulfone groups is 1. The van der Waals surface area contributed by atoms with Gasteiger partial charge in [-0.1, -0.05) is 19.1 Å². The number of rotatable bonds is 7. The van der Waals surface area contributed by atoms with Crippen LogP contribution < -0.4 is 4.90 Å². The van der Waals surface area contributed by atoms with Gasteiger partial charge in [0.15, 0.2) is 9.84 Å². The van der Waals surface area contributed by atoms with Crippen LogP contribution in [0.4, 0.5) is 5.69 Å². The van der Waals surface area contributed by atoms with Crippen LogP contribution in [-0.4, -0.2) is 40.3 Å². The van der Waals surface area contributed by atoms with Gasteiger partial charge in [-0.25, -0.2) is 8.42 Å². The minimum absolute atomic E-state index is 0.0203. The van der Waals surface area contributed by atoms with Crippen molar-refractivity contribution in [1.29, 1.82) is 0 Å². The van der Waals surface area contributed by atoms with Crippen LogP contribution in [0.15, 0.2) is 29.2 Å². The lowest BCUT2D eigenvalue weighted by Gasteiger charge is -2.21. The summed E-state index contributed by atoms with van der Waals surface area (Å²) in [6.07, 6.45) is 0.554. The van der Waals surface area contributed by atoms with Gasteiger partial charge in [-0.2, -0.15) is 0 Å². The average molecular weight is 299 g/mol. The molecule has 0 fully saturated rings. The van der Waals surface area contributed by atoms with Crippen LogP contribution in [0.3, 0.4) is 0 Å². The lowest BCUT2D eigenvalue weighted by Crippen LogP contribution is -2.28. The number of nitrogens with zero attached hydrogens (tertiary/aromatic N) is 1. The highest BCUT2D eigenvalue weighted by Gasteiger charge is 2.20. The molecule has 0 atom stereocenters. The van der Waals surface area contributed by atoms with Crippen LogP contribution in [0.2, 0.25) is 0 Å². The molecule has 0 aromatic heterocycles. The van der Waals surface area contributed by atoms with Crippen LogP contribution >= 0.6 is 0 Å². The van der Waals surface area contributed by atoms with Crippen molar-refractivity contribution in [2.45, 2.75) is 25.2 Å². The lowest BCUT2D eigenvalue weighted by atomic mass is 10.3. The molecule has 0 saturated carbocycles. The van der Waals surface area contributed by atoms with Gasteiger partial charge in [-0.15, -0.1) is 0 Å². The molecule has 112 valence electrons. The maximum atomic E-state index is 12.2. The largest absolute Gasteiger partial charge is 0.465 e. The number of para-hydroxylation sites is 1. The molecule has 0 heterocycles. The van der Waals surface area contributed by atoms with E-state index < -0.39 is 9.84 Å². The Kier molecular flexibility index (Phi) is 6.01. The molecule has 0 aliphatic rings. The molecule has 1 aromatic rings. The van der Waals surface area contributed by atoms with Gasteiger partial charge in [0.25, 0.3) is 0 Å². The maximum Gasteiger partial charge on any atom is 0.325 e. The van der Waals surface area contributed by atoms with E-state index in [0.29, 0.717) is 18.7 Å². The van der Waals surface area contributed by atoms with Crippen LogP contribution in [0.5, 0.6) is 0 Å². The van der Waals surface area contributed by atoms with Gasteiger partial charge in [0.2, 0.25) is 0 Å². The highest BCUT2D eigenvalue weighted by Crippen LogP contribution is 2.25. The van der Waals surface area contributed by atoms with Gasteiger partial charge in [0.1, 0.15) is 6.54 Å². The van der Waals surface area contributed by atoms with Gasteiger partial charge in [0, 0.05) is 7.05 Å². The summed E-state index contributed by atoms with van der Waals surface area (Å²) >= 11 is 0. The second-order valence-electron chi connectivity index (χ2n) is 4.45. The third kappa shape index (κ3) is 4.23. The Morgan fingerprint density at radius 3 is 2.50 bits per heavy atom. The maximum absolute atomic E-state index is 12.2. The first-order valence-corrected chi connectivity index (χ1v) is 8.26. The van der Waals surface area contributed by atoms with E-state index >= 15 is 0 Å². The number of anilines is 1. The van der Waals surface area contributed by atoms with Crippen molar-refractivity contribution >= 4 is 21.5 Å². The SMILES string of the molecule is CCCS(=O)(=O)c1ccccc1N(C)CC(=O)OCC. The molecule has 6 heteroatoms. The van der Waals surface area contributed by atoms with Crippen LogP contribution in [0.25, 0.3) is 0 Å². The molecule has 0 unspecified atom stereocenters. The van der Waals surface area contributed by atoms with Gasteiger partial charge in [-0.05, 0) is 25.5 Å². The van der Waals surface area contributed by atoms with E-state index in [2.05, 4.69) is 0 Å². The average Bonchev–Trinajstić information content (AvgIpc) is 2.39. The Hall–Kier alpha value is -1.56. The van der Waals surface area contributed by atoms with E-state index in [0.717, 1.165) is 0 Å². The van der Waals surface area contributed by atoms with Crippen molar-refractivity contribution in [2.24, 2.45) is 0 Å². The van der Waals surface area contributed by atoms with Crippen molar-refractivity contribution in [2.75, 3.05) is 30.9 Å². The Balaban J connectivity index is 3.04. The van der Waals surface area contributed by atoms with Crippen LogP contribution in [0.1, 0.15) is 20.3 Å². The second kappa shape index (κ2) is 7.28. The summed E-state index contributed by atoms with van der Waals surface area (Å²) in [5.74, 6) is -0.283. The summed E-state index contributed by atoms with van der Waals surface area (Å²) in [4.78, 5) is 13.4. The first kappa shape index (κ1) is 16.5. The van der Waals surface area contributed by atoms with Crippen molar-refractivity contribution < 1.29 is 17.9 Å². The molecule has 20 heavy (non-hydrogen) atoms. The number of likely N-dealkylation sites (N-methyl/N-ethyl adjacent to an activating group) is 1. The summed E-state index contributed by atoms with van der Waals surface area (Å²) in [5.41, 5.74) is 0.522. The smallest absolute Gasteiger partial charge is 0.325 e. The van der Waals surface area contributed by atoms with E-state index in [1.807, 2.05) is 6.92 Å². The third-order valence-electron chi connectivity index (χ3n) is 2.76. The zero-order chi connectivity index (χ0) is 15.2. The molecule has 0 radical (unpaired) electrons. The number of ether oxygens (including phenoxy) is 1. The van der Waals surface area contributed by atoms with E-state index in [1.165, 1.54) is 0 Å². The quantitative estimate of drug-likeness (QED) is 0.719. The number of carbonyl (C=O) groups excluding carboxylic acids is 1. The molecule has 0 aliphatic heterocycles. The lowest BCUT2D eigenvalue weighted by molar-refractivity contribution is -0.141. The summed E-state index contributed by atoms with van der Waals surface area (Å²) in [6.45, 7) is 3.88. The van der Waals surface area contributed by atoms with Crippen molar-refractivity contribution in [1.82, 2.24) is 0 Å². The Bertz CT molecular complexity index is 554. The first-order valence-electron chi connectivity index (χ1n) is 6.61.